The van der Waals surface area contributed by atoms with E-state index in [-0.39, 0.29) is 17.5 Å². The number of ketones is 2. The number of carbonyl (C=O) groups is 2. The second kappa shape index (κ2) is 4.95. The van der Waals surface area contributed by atoms with Gasteiger partial charge < -0.3 is 0 Å². The van der Waals surface area contributed by atoms with Crippen LogP contribution in [-0.4, -0.2) is 11.6 Å². The van der Waals surface area contributed by atoms with Gasteiger partial charge in [-0.05, 0) is 19.3 Å². The molecule has 0 aromatic carbocycles. The van der Waals surface area contributed by atoms with Crippen LogP contribution in [0.3, 0.4) is 0 Å². The molecule has 1 saturated carbocycles. The van der Waals surface area contributed by atoms with Gasteiger partial charge in [-0.2, -0.15) is 0 Å². The molecule has 0 saturated heterocycles. The van der Waals surface area contributed by atoms with Crippen LogP contribution < -0.4 is 0 Å². The molecule has 13 heavy (non-hydrogen) atoms. The molecule has 0 bridgehead atoms. The summed E-state index contributed by atoms with van der Waals surface area (Å²) in [6.07, 6.45) is 6.00. The minimum Gasteiger partial charge on any atom is -0.300 e. The molecular formula is C11H16O2. The second-order valence-electron chi connectivity index (χ2n) is 3.63. The summed E-state index contributed by atoms with van der Waals surface area (Å²) in [5, 5.41) is 0. The molecule has 0 aliphatic heterocycles. The molecule has 0 heterocycles. The van der Waals surface area contributed by atoms with Crippen LogP contribution in [0.25, 0.3) is 0 Å². The maximum absolute atomic E-state index is 11.5. The SMILES string of the molecule is C=CCCC(=O)C1CCCC(=O)C1. The predicted octanol–water partition coefficient (Wildman–Crippen LogP) is 2.28. The fraction of sp³-hybridized carbons (Fsp3) is 0.636. The molecule has 0 spiro atoms. The maximum atomic E-state index is 11.5. The van der Waals surface area contributed by atoms with Crippen LogP contribution in [-0.2, 0) is 9.59 Å². The van der Waals surface area contributed by atoms with Crippen LogP contribution in [0.5, 0.6) is 0 Å². The van der Waals surface area contributed by atoms with Crippen LogP contribution in [0, 0.1) is 5.92 Å². The van der Waals surface area contributed by atoms with Crippen molar-refractivity contribution in [1.29, 1.82) is 0 Å². The van der Waals surface area contributed by atoms with Gasteiger partial charge in [-0.15, -0.1) is 6.58 Å². The van der Waals surface area contributed by atoms with Gasteiger partial charge in [0.25, 0.3) is 0 Å². The molecule has 1 atom stereocenters. The average Bonchev–Trinajstić information content (AvgIpc) is 2.14. The lowest BCUT2D eigenvalue weighted by molar-refractivity contribution is -0.130. The van der Waals surface area contributed by atoms with E-state index < -0.39 is 0 Å². The van der Waals surface area contributed by atoms with E-state index in [1.807, 2.05) is 0 Å². The highest BCUT2D eigenvalue weighted by molar-refractivity contribution is 5.89. The lowest BCUT2D eigenvalue weighted by Gasteiger charge is -2.18. The number of allylic oxidation sites excluding steroid dienone is 1. The predicted molar refractivity (Wildman–Crippen MR) is 51.4 cm³/mol. The fourth-order valence-electron chi connectivity index (χ4n) is 1.75. The summed E-state index contributed by atoms with van der Waals surface area (Å²) >= 11 is 0. The molecule has 72 valence electrons. The van der Waals surface area contributed by atoms with Crippen LogP contribution in [0.15, 0.2) is 12.7 Å². The molecule has 1 unspecified atom stereocenters. The molecule has 2 heteroatoms. The van der Waals surface area contributed by atoms with E-state index in [4.69, 9.17) is 0 Å². The van der Waals surface area contributed by atoms with Gasteiger partial charge in [0.1, 0.15) is 11.6 Å². The Morgan fingerprint density at radius 3 is 3.00 bits per heavy atom. The number of hydrogen-bond donors (Lipinski definition) is 0. The largest absolute Gasteiger partial charge is 0.300 e. The minimum absolute atomic E-state index is 0.0150. The quantitative estimate of drug-likeness (QED) is 0.622. The zero-order chi connectivity index (χ0) is 9.68. The van der Waals surface area contributed by atoms with E-state index in [9.17, 15) is 9.59 Å². The Bertz CT molecular complexity index is 218. The molecule has 1 fully saturated rings. The molecular weight excluding hydrogens is 164 g/mol. The summed E-state index contributed by atoms with van der Waals surface area (Å²) in [7, 11) is 0. The summed E-state index contributed by atoms with van der Waals surface area (Å²) in [6.45, 7) is 3.57. The molecule has 0 amide bonds. The van der Waals surface area contributed by atoms with Crippen LogP contribution in [0.4, 0.5) is 0 Å². The van der Waals surface area contributed by atoms with Crippen molar-refractivity contribution in [3.8, 4) is 0 Å². The van der Waals surface area contributed by atoms with Gasteiger partial charge in [0.05, 0.1) is 0 Å². The summed E-state index contributed by atoms with van der Waals surface area (Å²) in [5.41, 5.74) is 0. The van der Waals surface area contributed by atoms with Gasteiger partial charge >= 0.3 is 0 Å². The molecule has 0 aromatic heterocycles. The highest BCUT2D eigenvalue weighted by Gasteiger charge is 2.24. The van der Waals surface area contributed by atoms with Crippen molar-refractivity contribution in [2.75, 3.05) is 0 Å². The van der Waals surface area contributed by atoms with Gasteiger partial charge in [0, 0.05) is 25.2 Å². The Balaban J connectivity index is 2.36. The Hall–Kier alpha value is -0.920. The maximum Gasteiger partial charge on any atom is 0.136 e. The van der Waals surface area contributed by atoms with E-state index in [0.29, 0.717) is 19.3 Å². The van der Waals surface area contributed by atoms with Crippen molar-refractivity contribution in [3.05, 3.63) is 12.7 Å². The summed E-state index contributed by atoms with van der Waals surface area (Å²) in [4.78, 5) is 22.6. The summed E-state index contributed by atoms with van der Waals surface area (Å²) in [5.74, 6) is 0.511. The number of hydrogen-bond acceptors (Lipinski definition) is 2. The van der Waals surface area contributed by atoms with E-state index in [0.717, 1.165) is 19.3 Å². The van der Waals surface area contributed by atoms with Gasteiger partial charge in [-0.3, -0.25) is 9.59 Å². The Morgan fingerprint density at radius 1 is 1.62 bits per heavy atom. The van der Waals surface area contributed by atoms with Crippen molar-refractivity contribution in [3.63, 3.8) is 0 Å². The number of Topliss-reactive ketones (excluding diaryl/α,β-unsaturated/α-hetero) is 2. The van der Waals surface area contributed by atoms with Gasteiger partial charge in [-0.25, -0.2) is 0 Å². The highest BCUT2D eigenvalue weighted by atomic mass is 16.1. The summed E-state index contributed by atoms with van der Waals surface area (Å²) < 4.78 is 0. The smallest absolute Gasteiger partial charge is 0.136 e. The molecule has 2 nitrogen and oxygen atoms in total. The van der Waals surface area contributed by atoms with Crippen molar-refractivity contribution < 1.29 is 9.59 Å². The normalized spacial score (nSPS) is 22.8. The van der Waals surface area contributed by atoms with Gasteiger partial charge in [0.15, 0.2) is 0 Å². The van der Waals surface area contributed by atoms with Crippen molar-refractivity contribution in [2.24, 2.45) is 5.92 Å². The molecule has 1 aliphatic rings. The van der Waals surface area contributed by atoms with E-state index in [1.54, 1.807) is 6.08 Å². The standard InChI is InChI=1S/C11H16O2/c1-2-3-7-11(13)9-5-4-6-10(12)8-9/h2,9H,1,3-8H2. The lowest BCUT2D eigenvalue weighted by Crippen LogP contribution is -2.22. The zero-order valence-corrected chi connectivity index (χ0v) is 7.92. The molecule has 0 radical (unpaired) electrons. The Morgan fingerprint density at radius 2 is 2.38 bits per heavy atom. The van der Waals surface area contributed by atoms with E-state index in [1.165, 1.54) is 0 Å². The highest BCUT2D eigenvalue weighted by Crippen LogP contribution is 2.23. The van der Waals surface area contributed by atoms with Crippen LogP contribution >= 0.6 is 0 Å². The Kier molecular flexibility index (Phi) is 3.87. The van der Waals surface area contributed by atoms with E-state index in [2.05, 4.69) is 6.58 Å². The first-order chi connectivity index (χ1) is 6.24. The molecule has 1 rings (SSSR count). The second-order valence-corrected chi connectivity index (χ2v) is 3.63. The molecule has 0 N–H and O–H groups in total. The third-order valence-electron chi connectivity index (χ3n) is 2.53. The lowest BCUT2D eigenvalue weighted by atomic mass is 9.84. The average molecular weight is 180 g/mol. The molecule has 0 aromatic rings. The fourth-order valence-corrected chi connectivity index (χ4v) is 1.75. The minimum atomic E-state index is 0.0150. The first-order valence-corrected chi connectivity index (χ1v) is 4.89. The van der Waals surface area contributed by atoms with Gasteiger partial charge in [0.2, 0.25) is 0 Å². The van der Waals surface area contributed by atoms with Crippen LogP contribution in [0.1, 0.15) is 38.5 Å². The molecule has 1 aliphatic carbocycles. The van der Waals surface area contributed by atoms with Crippen molar-refractivity contribution in [2.45, 2.75) is 38.5 Å². The number of carbonyl (C=O) groups excluding carboxylic acids is 2. The van der Waals surface area contributed by atoms with Gasteiger partial charge in [-0.1, -0.05) is 6.08 Å². The van der Waals surface area contributed by atoms with Crippen molar-refractivity contribution in [1.82, 2.24) is 0 Å². The number of rotatable bonds is 4. The topological polar surface area (TPSA) is 34.1 Å². The first kappa shape index (κ1) is 10.2. The van der Waals surface area contributed by atoms with Crippen molar-refractivity contribution >= 4 is 11.6 Å². The third-order valence-corrected chi connectivity index (χ3v) is 2.53. The van der Waals surface area contributed by atoms with E-state index >= 15 is 0 Å². The monoisotopic (exact) mass is 180 g/mol. The summed E-state index contributed by atoms with van der Waals surface area (Å²) in [6, 6.07) is 0. The Labute approximate surface area is 79.0 Å². The van der Waals surface area contributed by atoms with Crippen LogP contribution in [0.2, 0.25) is 0 Å². The first-order valence-electron chi connectivity index (χ1n) is 4.89. The third kappa shape index (κ3) is 3.13. The zero-order valence-electron chi connectivity index (χ0n) is 7.92.